The molecule has 2 rings (SSSR count). The predicted octanol–water partition coefficient (Wildman–Crippen LogP) is 2.65. The number of aliphatic hydroxyl groups excluding tert-OH is 1. The molecule has 1 heterocycles. The van der Waals surface area contributed by atoms with Crippen LogP contribution < -0.4 is 15.2 Å². The van der Waals surface area contributed by atoms with Gasteiger partial charge in [-0.05, 0) is 57.4 Å². The van der Waals surface area contributed by atoms with Gasteiger partial charge in [0.2, 0.25) is 0 Å². The van der Waals surface area contributed by atoms with Crippen molar-refractivity contribution in [1.82, 2.24) is 9.97 Å². The normalized spacial score (nSPS) is 15.1. The Balaban J connectivity index is 1.96. The maximum atomic E-state index is 11.4. The number of ether oxygens (including phenoxy) is 3. The van der Waals surface area contributed by atoms with E-state index in [4.69, 9.17) is 19.9 Å². The second kappa shape index (κ2) is 12.7. The van der Waals surface area contributed by atoms with Crippen LogP contribution in [0, 0.1) is 13.8 Å². The van der Waals surface area contributed by atoms with E-state index < -0.39 is 17.7 Å². The van der Waals surface area contributed by atoms with Gasteiger partial charge in [-0.3, -0.25) is 0 Å². The molecule has 4 N–H and O–H groups in total. The smallest absolute Gasteiger partial charge is 0.125 e. The molecule has 32 heavy (non-hydrogen) atoms. The molecule has 0 aliphatic rings. The molecule has 0 radical (unpaired) electrons. The Morgan fingerprint density at radius 2 is 1.69 bits per heavy atom. The van der Waals surface area contributed by atoms with Crippen molar-refractivity contribution in [2.24, 2.45) is 5.73 Å². The summed E-state index contributed by atoms with van der Waals surface area (Å²) in [6.45, 7) is 6.83. The standard InChI is InChI=1S/C24H37N3O5/c1-5-12-24(29,21-15-26-18(3)27-17(21)2)23(25)22(28)16-32-20-10-8-19(9-11-20)31-14-7-6-13-30-4/h8-11,15,22-23,28-29H,5-7,12-14,16,25H2,1-4H3. The first kappa shape index (κ1) is 26.0. The second-order valence-corrected chi connectivity index (χ2v) is 8.01. The molecular weight excluding hydrogens is 410 g/mol. The average Bonchev–Trinajstić information content (AvgIpc) is 2.77. The Morgan fingerprint density at radius 3 is 2.28 bits per heavy atom. The van der Waals surface area contributed by atoms with E-state index in [-0.39, 0.29) is 6.61 Å². The number of aliphatic hydroxyl groups is 2. The van der Waals surface area contributed by atoms with E-state index in [1.807, 2.05) is 26.0 Å². The maximum absolute atomic E-state index is 11.4. The van der Waals surface area contributed by atoms with Crippen molar-refractivity contribution in [2.75, 3.05) is 26.9 Å². The lowest BCUT2D eigenvalue weighted by Crippen LogP contribution is -2.54. The highest BCUT2D eigenvalue weighted by atomic mass is 16.5. The Bertz CT molecular complexity index is 818. The number of methoxy groups -OCH3 is 1. The van der Waals surface area contributed by atoms with Crippen LogP contribution in [0.3, 0.4) is 0 Å². The molecule has 1 aromatic heterocycles. The van der Waals surface area contributed by atoms with Gasteiger partial charge >= 0.3 is 0 Å². The van der Waals surface area contributed by atoms with Crippen LogP contribution in [0.2, 0.25) is 0 Å². The van der Waals surface area contributed by atoms with Crippen molar-refractivity contribution in [3.8, 4) is 11.5 Å². The third-order valence-electron chi connectivity index (χ3n) is 5.42. The van der Waals surface area contributed by atoms with Gasteiger partial charge in [-0.1, -0.05) is 13.3 Å². The molecule has 2 aromatic rings. The molecule has 8 heteroatoms. The van der Waals surface area contributed by atoms with Gasteiger partial charge < -0.3 is 30.2 Å². The largest absolute Gasteiger partial charge is 0.494 e. The van der Waals surface area contributed by atoms with Crippen LogP contribution in [-0.4, -0.2) is 59.3 Å². The summed E-state index contributed by atoms with van der Waals surface area (Å²) in [7, 11) is 1.69. The molecule has 0 spiro atoms. The first-order valence-corrected chi connectivity index (χ1v) is 11.1. The molecule has 1 aromatic carbocycles. The molecule has 0 aliphatic heterocycles. The van der Waals surface area contributed by atoms with E-state index in [9.17, 15) is 10.2 Å². The number of aryl methyl sites for hydroxylation is 2. The average molecular weight is 448 g/mol. The van der Waals surface area contributed by atoms with Crippen LogP contribution in [0.25, 0.3) is 0 Å². The summed E-state index contributed by atoms with van der Waals surface area (Å²) in [5.74, 6) is 1.95. The van der Waals surface area contributed by atoms with Gasteiger partial charge in [0, 0.05) is 31.2 Å². The third kappa shape index (κ3) is 7.13. The lowest BCUT2D eigenvalue weighted by molar-refractivity contribution is -0.0551. The van der Waals surface area contributed by atoms with Gasteiger partial charge in [0.25, 0.3) is 0 Å². The maximum Gasteiger partial charge on any atom is 0.125 e. The van der Waals surface area contributed by atoms with Crippen LogP contribution in [0.5, 0.6) is 11.5 Å². The zero-order valence-electron chi connectivity index (χ0n) is 19.6. The number of benzene rings is 1. The summed E-state index contributed by atoms with van der Waals surface area (Å²) in [6.07, 6.45) is 3.42. The predicted molar refractivity (Wildman–Crippen MR) is 123 cm³/mol. The van der Waals surface area contributed by atoms with Crippen molar-refractivity contribution in [3.05, 3.63) is 47.5 Å². The molecule has 8 nitrogen and oxygen atoms in total. The van der Waals surface area contributed by atoms with Crippen LogP contribution in [-0.2, 0) is 10.3 Å². The van der Waals surface area contributed by atoms with Crippen molar-refractivity contribution in [1.29, 1.82) is 0 Å². The summed E-state index contributed by atoms with van der Waals surface area (Å²) in [4.78, 5) is 8.55. The summed E-state index contributed by atoms with van der Waals surface area (Å²) in [5, 5.41) is 22.1. The van der Waals surface area contributed by atoms with E-state index in [1.165, 1.54) is 0 Å². The number of hydrogen-bond donors (Lipinski definition) is 3. The number of nitrogens with two attached hydrogens (primary N) is 1. The summed E-state index contributed by atoms with van der Waals surface area (Å²) >= 11 is 0. The number of nitrogens with zero attached hydrogens (tertiary/aromatic N) is 2. The van der Waals surface area contributed by atoms with Crippen molar-refractivity contribution >= 4 is 0 Å². The van der Waals surface area contributed by atoms with E-state index in [2.05, 4.69) is 9.97 Å². The SMILES string of the molecule is CCCC(O)(c1cnc(C)nc1C)C(N)C(O)COc1ccc(OCCCCOC)cc1. The van der Waals surface area contributed by atoms with E-state index in [0.717, 1.165) is 25.2 Å². The first-order valence-electron chi connectivity index (χ1n) is 11.1. The number of hydrogen-bond acceptors (Lipinski definition) is 8. The lowest BCUT2D eigenvalue weighted by Gasteiger charge is -2.37. The van der Waals surface area contributed by atoms with Gasteiger partial charge in [-0.2, -0.15) is 0 Å². The fraction of sp³-hybridized carbons (Fsp3) is 0.583. The molecule has 0 fully saturated rings. The minimum absolute atomic E-state index is 0.0593. The zero-order chi connectivity index (χ0) is 23.6. The molecule has 0 saturated heterocycles. The van der Waals surface area contributed by atoms with Gasteiger partial charge in [0.05, 0.1) is 12.6 Å². The molecule has 3 unspecified atom stereocenters. The first-order chi connectivity index (χ1) is 15.3. The van der Waals surface area contributed by atoms with Crippen molar-refractivity contribution in [3.63, 3.8) is 0 Å². The monoisotopic (exact) mass is 447 g/mol. The van der Waals surface area contributed by atoms with E-state index in [0.29, 0.717) is 42.3 Å². The Labute approximate surface area is 190 Å². The summed E-state index contributed by atoms with van der Waals surface area (Å²) in [5.41, 5.74) is 6.05. The van der Waals surface area contributed by atoms with Crippen LogP contribution >= 0.6 is 0 Å². The highest BCUT2D eigenvalue weighted by Crippen LogP contribution is 2.32. The zero-order valence-corrected chi connectivity index (χ0v) is 19.6. The molecule has 0 saturated carbocycles. The van der Waals surface area contributed by atoms with E-state index in [1.54, 1.807) is 32.4 Å². The van der Waals surface area contributed by atoms with Gasteiger partial charge in [-0.25, -0.2) is 9.97 Å². The molecule has 0 bridgehead atoms. The quantitative estimate of drug-likeness (QED) is 0.378. The Morgan fingerprint density at radius 1 is 1.06 bits per heavy atom. The van der Waals surface area contributed by atoms with E-state index >= 15 is 0 Å². The van der Waals surface area contributed by atoms with Crippen LogP contribution in [0.4, 0.5) is 0 Å². The lowest BCUT2D eigenvalue weighted by atomic mass is 9.80. The minimum Gasteiger partial charge on any atom is -0.494 e. The molecule has 178 valence electrons. The molecule has 0 amide bonds. The van der Waals surface area contributed by atoms with Crippen molar-refractivity contribution in [2.45, 2.75) is 64.2 Å². The van der Waals surface area contributed by atoms with Gasteiger partial charge in [0.1, 0.15) is 35.6 Å². The third-order valence-corrected chi connectivity index (χ3v) is 5.42. The van der Waals surface area contributed by atoms with Crippen LogP contribution in [0.1, 0.15) is 49.7 Å². The highest BCUT2D eigenvalue weighted by Gasteiger charge is 2.41. The number of rotatable bonds is 14. The topological polar surface area (TPSA) is 120 Å². The fourth-order valence-electron chi connectivity index (χ4n) is 3.64. The second-order valence-electron chi connectivity index (χ2n) is 8.01. The van der Waals surface area contributed by atoms with Gasteiger partial charge in [0.15, 0.2) is 0 Å². The summed E-state index contributed by atoms with van der Waals surface area (Å²) in [6, 6.07) is 6.22. The molecule has 3 atom stereocenters. The van der Waals surface area contributed by atoms with Crippen LogP contribution in [0.15, 0.2) is 30.5 Å². The number of unbranched alkanes of at least 4 members (excludes halogenated alkanes) is 1. The Kier molecular flexibility index (Phi) is 10.3. The Hall–Kier alpha value is -2.26. The summed E-state index contributed by atoms with van der Waals surface area (Å²) < 4.78 is 16.4. The van der Waals surface area contributed by atoms with Crippen molar-refractivity contribution < 1.29 is 24.4 Å². The fourth-order valence-corrected chi connectivity index (χ4v) is 3.64. The minimum atomic E-state index is -1.46. The molecular formula is C24H37N3O5. The van der Waals surface area contributed by atoms with Gasteiger partial charge in [-0.15, -0.1) is 0 Å². The number of aromatic nitrogens is 2. The highest BCUT2D eigenvalue weighted by molar-refractivity contribution is 5.31. The molecule has 0 aliphatic carbocycles.